The number of aromatic nitrogens is 4. The lowest BCUT2D eigenvalue weighted by Gasteiger charge is -2.16. The molecule has 0 atom stereocenters. The van der Waals surface area contributed by atoms with Crippen LogP contribution in [0.1, 0.15) is 5.56 Å². The van der Waals surface area contributed by atoms with Crippen LogP contribution in [0.25, 0.3) is 159 Å². The summed E-state index contributed by atoms with van der Waals surface area (Å²) in [5.74, 6) is 0. The van der Waals surface area contributed by atoms with E-state index in [1.807, 2.05) is 48.5 Å². The van der Waals surface area contributed by atoms with Crippen molar-refractivity contribution < 1.29 is 8.83 Å². The van der Waals surface area contributed by atoms with Gasteiger partial charge in [0.15, 0.2) is 0 Å². The summed E-state index contributed by atoms with van der Waals surface area (Å²) in [4.78, 5) is 4.31. The standard InChI is InChI=1S/C68H36N6O2/c1-70-52-37-61(73-57-30-26-40(71-53-20-8-2-14-42(53)43-15-3-9-21-54(43)71)35-50(57)65-59(73)32-28-48-46-18-6-12-24-63(46)75-67(48)65)39(38-69)34-62(52)74-58-31-27-41(72-55-22-10-4-16-44(55)45-17-5-11-23-56(45)72)36-51(58)66-60(74)33-29-49-47-19-7-13-25-64(47)76-68(49)66/h2-37H. The molecule has 17 aromatic rings. The van der Waals surface area contributed by atoms with Crippen molar-refractivity contribution in [2.75, 3.05) is 0 Å². The van der Waals surface area contributed by atoms with Crippen molar-refractivity contribution in [1.82, 2.24) is 18.3 Å². The van der Waals surface area contributed by atoms with E-state index in [0.29, 0.717) is 22.6 Å². The Morgan fingerprint density at radius 1 is 0.342 bits per heavy atom. The number of furan rings is 2. The molecule has 0 fully saturated rings. The molecule has 0 unspecified atom stereocenters. The maximum Gasteiger partial charge on any atom is 0.212 e. The van der Waals surface area contributed by atoms with Crippen molar-refractivity contribution in [2.24, 2.45) is 0 Å². The Bertz CT molecular complexity index is 5070. The number of nitrogens with zero attached hydrogens (tertiary/aromatic N) is 6. The fourth-order valence-corrected chi connectivity index (χ4v) is 12.9. The van der Waals surface area contributed by atoms with Crippen LogP contribution in [0.15, 0.2) is 227 Å². The highest BCUT2D eigenvalue weighted by Gasteiger charge is 2.26. The second kappa shape index (κ2) is 14.9. The van der Waals surface area contributed by atoms with Gasteiger partial charge in [-0.3, -0.25) is 0 Å². The summed E-state index contributed by atoms with van der Waals surface area (Å²) < 4.78 is 22.6. The van der Waals surface area contributed by atoms with Crippen molar-refractivity contribution in [2.45, 2.75) is 0 Å². The summed E-state index contributed by atoms with van der Waals surface area (Å²) in [6.07, 6.45) is 0. The van der Waals surface area contributed by atoms with Gasteiger partial charge in [0.25, 0.3) is 0 Å². The second-order valence-electron chi connectivity index (χ2n) is 19.8. The lowest BCUT2D eigenvalue weighted by atomic mass is 10.1. The molecule has 6 aromatic heterocycles. The van der Waals surface area contributed by atoms with Crippen LogP contribution in [0.3, 0.4) is 0 Å². The Labute approximate surface area is 431 Å². The maximum absolute atomic E-state index is 11.5. The first-order valence-corrected chi connectivity index (χ1v) is 25.3. The molecule has 6 heterocycles. The quantitative estimate of drug-likeness (QED) is 0.165. The largest absolute Gasteiger partial charge is 0.455 e. The summed E-state index contributed by atoms with van der Waals surface area (Å²) in [7, 11) is 0. The molecule has 350 valence electrons. The summed E-state index contributed by atoms with van der Waals surface area (Å²) >= 11 is 0. The van der Waals surface area contributed by atoms with E-state index in [0.717, 1.165) is 121 Å². The molecule has 8 nitrogen and oxygen atoms in total. The number of benzene rings is 11. The van der Waals surface area contributed by atoms with Crippen molar-refractivity contribution in [3.8, 4) is 28.8 Å². The highest BCUT2D eigenvalue weighted by atomic mass is 16.3. The molecule has 0 saturated heterocycles. The summed E-state index contributed by atoms with van der Waals surface area (Å²) in [5.41, 5.74) is 15.1. The monoisotopic (exact) mass is 968 g/mol. The van der Waals surface area contributed by atoms with E-state index in [1.165, 1.54) is 21.5 Å². The third-order valence-corrected chi connectivity index (χ3v) is 16.0. The highest BCUT2D eigenvalue weighted by Crippen LogP contribution is 2.47. The minimum Gasteiger partial charge on any atom is -0.455 e. The minimum absolute atomic E-state index is 0.394. The lowest BCUT2D eigenvalue weighted by molar-refractivity contribution is 0.672. The van der Waals surface area contributed by atoms with Crippen molar-refractivity contribution in [3.63, 3.8) is 0 Å². The van der Waals surface area contributed by atoms with Crippen LogP contribution in [0.2, 0.25) is 0 Å². The summed E-state index contributed by atoms with van der Waals surface area (Å²) in [5, 5.41) is 24.1. The Balaban J connectivity index is 0.941. The molecule has 0 aliphatic carbocycles. The smallest absolute Gasteiger partial charge is 0.212 e. The SMILES string of the molecule is [C-]#[N+]c1cc(-n2c3ccc(-n4c5ccccc5c5ccccc54)cc3c3c4oc5ccccc5c4ccc32)c(C#N)cc1-n1c2ccc(-n3c4ccccc4c4ccccc43)cc2c2c3oc4ccccc4c3ccc21. The topological polar surface area (TPSA) is 74.2 Å². The molecule has 8 heteroatoms. The summed E-state index contributed by atoms with van der Waals surface area (Å²) in [6.45, 7) is 8.95. The van der Waals surface area contributed by atoms with Crippen LogP contribution in [0, 0.1) is 17.9 Å². The molecule has 0 amide bonds. The Hall–Kier alpha value is -10.8. The van der Waals surface area contributed by atoms with Gasteiger partial charge in [-0.15, -0.1) is 0 Å². The second-order valence-corrected chi connectivity index (χ2v) is 19.8. The van der Waals surface area contributed by atoms with Gasteiger partial charge in [-0.25, -0.2) is 4.85 Å². The average Bonchev–Trinajstić information content (AvgIpc) is 4.38. The van der Waals surface area contributed by atoms with Crippen LogP contribution in [-0.4, -0.2) is 18.3 Å². The van der Waals surface area contributed by atoms with Gasteiger partial charge >= 0.3 is 0 Å². The average molecular weight is 969 g/mol. The molecule has 76 heavy (non-hydrogen) atoms. The zero-order chi connectivity index (χ0) is 49.9. The number of rotatable bonds is 4. The molecule has 0 spiro atoms. The number of para-hydroxylation sites is 6. The number of hydrogen-bond acceptors (Lipinski definition) is 3. The van der Waals surface area contributed by atoms with E-state index in [4.69, 9.17) is 15.4 Å². The zero-order valence-electron chi connectivity index (χ0n) is 40.3. The maximum atomic E-state index is 11.5. The van der Waals surface area contributed by atoms with Crippen molar-refractivity contribution in [3.05, 3.63) is 235 Å². The van der Waals surface area contributed by atoms with Gasteiger partial charge < -0.3 is 27.1 Å². The first-order valence-electron chi connectivity index (χ1n) is 25.3. The van der Waals surface area contributed by atoms with Crippen molar-refractivity contribution in [1.29, 1.82) is 5.26 Å². The molecule has 0 aliphatic rings. The number of nitriles is 1. The molecular formula is C68H36N6O2. The van der Waals surface area contributed by atoms with Crippen LogP contribution in [0.5, 0.6) is 0 Å². The van der Waals surface area contributed by atoms with Gasteiger partial charge in [0, 0.05) is 65.2 Å². The normalized spacial score (nSPS) is 12.2. The first kappa shape index (κ1) is 40.8. The molecule has 11 aromatic carbocycles. The zero-order valence-corrected chi connectivity index (χ0v) is 40.3. The lowest BCUT2D eigenvalue weighted by Crippen LogP contribution is -2.02. The van der Waals surface area contributed by atoms with Crippen molar-refractivity contribution >= 4 is 137 Å². The predicted molar refractivity (Wildman–Crippen MR) is 309 cm³/mol. The van der Waals surface area contributed by atoms with Crippen LogP contribution in [0.4, 0.5) is 5.69 Å². The Kier molecular flexibility index (Phi) is 7.99. The first-order chi connectivity index (χ1) is 37.6. The van der Waals surface area contributed by atoms with E-state index in [2.05, 4.69) is 199 Å². The van der Waals surface area contributed by atoms with Crippen LogP contribution < -0.4 is 0 Å². The van der Waals surface area contributed by atoms with Gasteiger partial charge in [0.05, 0.1) is 78.4 Å². The van der Waals surface area contributed by atoms with E-state index >= 15 is 0 Å². The van der Waals surface area contributed by atoms with Gasteiger partial charge in [-0.1, -0.05) is 109 Å². The minimum atomic E-state index is 0.394. The summed E-state index contributed by atoms with van der Waals surface area (Å²) in [6, 6.07) is 78.5. The van der Waals surface area contributed by atoms with E-state index in [9.17, 15) is 5.26 Å². The molecule has 0 bridgehead atoms. The van der Waals surface area contributed by atoms with Crippen LogP contribution >= 0.6 is 0 Å². The van der Waals surface area contributed by atoms with E-state index < -0.39 is 0 Å². The predicted octanol–water partition coefficient (Wildman–Crippen LogP) is 18.3. The van der Waals surface area contributed by atoms with E-state index in [1.54, 1.807) is 0 Å². The van der Waals surface area contributed by atoms with E-state index in [-0.39, 0.29) is 0 Å². The Morgan fingerprint density at radius 2 is 0.724 bits per heavy atom. The number of fused-ring (bicyclic) bond motifs is 20. The fourth-order valence-electron chi connectivity index (χ4n) is 12.9. The van der Waals surface area contributed by atoms with Gasteiger partial charge in [0.1, 0.15) is 28.4 Å². The van der Waals surface area contributed by atoms with Gasteiger partial charge in [0.2, 0.25) is 5.69 Å². The van der Waals surface area contributed by atoms with Crippen LogP contribution in [-0.2, 0) is 0 Å². The molecule has 17 rings (SSSR count). The molecular weight excluding hydrogens is 933 g/mol. The third-order valence-electron chi connectivity index (χ3n) is 16.0. The molecule has 0 N–H and O–H groups in total. The fraction of sp³-hybridized carbons (Fsp3) is 0. The Morgan fingerprint density at radius 3 is 1.16 bits per heavy atom. The number of hydrogen-bond donors (Lipinski definition) is 0. The molecule has 0 radical (unpaired) electrons. The van der Waals surface area contributed by atoms with Gasteiger partial charge in [-0.2, -0.15) is 5.26 Å². The molecule has 0 saturated carbocycles. The van der Waals surface area contributed by atoms with Gasteiger partial charge in [-0.05, 0) is 109 Å². The molecule has 0 aliphatic heterocycles. The third kappa shape index (κ3) is 5.28. The highest BCUT2D eigenvalue weighted by molar-refractivity contribution is 6.26.